The second-order valence-electron chi connectivity index (χ2n) is 7.08. The van der Waals surface area contributed by atoms with E-state index in [2.05, 4.69) is 30.1 Å². The van der Waals surface area contributed by atoms with Crippen LogP contribution in [0.4, 0.5) is 0 Å². The molecular formula is C16H27N3. The maximum absolute atomic E-state index is 9.83. The second kappa shape index (κ2) is 5.07. The molecule has 1 N–H and O–H groups in total. The van der Waals surface area contributed by atoms with E-state index < -0.39 is 0 Å². The van der Waals surface area contributed by atoms with Crippen molar-refractivity contribution >= 4 is 0 Å². The maximum Gasteiger partial charge on any atom is 0.122 e. The molecule has 3 atom stereocenters. The van der Waals surface area contributed by atoms with Crippen molar-refractivity contribution in [3.05, 3.63) is 0 Å². The normalized spacial score (nSPS) is 35.6. The second-order valence-corrected chi connectivity index (χ2v) is 7.08. The van der Waals surface area contributed by atoms with Crippen molar-refractivity contribution in [3.8, 4) is 6.07 Å². The van der Waals surface area contributed by atoms with E-state index in [4.69, 9.17) is 0 Å². The minimum absolute atomic E-state index is 0.263. The van der Waals surface area contributed by atoms with Crippen LogP contribution in [-0.2, 0) is 0 Å². The van der Waals surface area contributed by atoms with Crippen LogP contribution >= 0.6 is 0 Å². The van der Waals surface area contributed by atoms with E-state index in [1.807, 2.05) is 0 Å². The fourth-order valence-electron chi connectivity index (χ4n) is 3.69. The summed E-state index contributed by atoms with van der Waals surface area (Å²) >= 11 is 0. The van der Waals surface area contributed by atoms with E-state index in [-0.39, 0.29) is 5.54 Å². The average molecular weight is 261 g/mol. The van der Waals surface area contributed by atoms with Gasteiger partial charge in [0.1, 0.15) is 5.54 Å². The quantitative estimate of drug-likeness (QED) is 0.827. The first-order chi connectivity index (χ1) is 9.14. The molecule has 1 aliphatic heterocycles. The summed E-state index contributed by atoms with van der Waals surface area (Å²) in [5, 5.41) is 13.5. The van der Waals surface area contributed by atoms with Gasteiger partial charge in [0.25, 0.3) is 0 Å². The predicted molar refractivity (Wildman–Crippen MR) is 76.7 cm³/mol. The zero-order valence-electron chi connectivity index (χ0n) is 12.4. The topological polar surface area (TPSA) is 39.1 Å². The Morgan fingerprint density at radius 1 is 1.11 bits per heavy atom. The first kappa shape index (κ1) is 13.4. The molecule has 0 amide bonds. The van der Waals surface area contributed by atoms with Gasteiger partial charge in [0.2, 0.25) is 0 Å². The van der Waals surface area contributed by atoms with Crippen molar-refractivity contribution in [2.45, 2.75) is 82.5 Å². The third kappa shape index (κ3) is 2.80. The van der Waals surface area contributed by atoms with Crippen LogP contribution in [0.1, 0.15) is 58.8 Å². The number of nitrogens with one attached hydrogen (secondary N) is 1. The Balaban J connectivity index is 1.73. The van der Waals surface area contributed by atoms with Crippen LogP contribution in [0.3, 0.4) is 0 Å². The van der Waals surface area contributed by atoms with Crippen molar-refractivity contribution in [2.75, 3.05) is 6.54 Å². The lowest BCUT2D eigenvalue weighted by molar-refractivity contribution is 0.0720. The van der Waals surface area contributed by atoms with Gasteiger partial charge in [-0.05, 0) is 58.3 Å². The summed E-state index contributed by atoms with van der Waals surface area (Å²) in [6.07, 6.45) is 8.94. The van der Waals surface area contributed by atoms with Crippen LogP contribution in [0.15, 0.2) is 0 Å². The van der Waals surface area contributed by atoms with E-state index in [0.717, 1.165) is 6.54 Å². The molecule has 0 radical (unpaired) electrons. The van der Waals surface area contributed by atoms with Gasteiger partial charge in [0.15, 0.2) is 0 Å². The molecule has 3 rings (SSSR count). The highest BCUT2D eigenvalue weighted by atomic mass is 15.2. The molecule has 3 aliphatic rings. The van der Waals surface area contributed by atoms with Crippen molar-refractivity contribution < 1.29 is 0 Å². The molecule has 0 aromatic rings. The molecule has 19 heavy (non-hydrogen) atoms. The lowest BCUT2D eigenvalue weighted by Crippen LogP contribution is -2.59. The summed E-state index contributed by atoms with van der Waals surface area (Å²) < 4.78 is 0. The summed E-state index contributed by atoms with van der Waals surface area (Å²) in [6, 6.07) is 4.58. The van der Waals surface area contributed by atoms with Gasteiger partial charge in [-0.3, -0.25) is 10.2 Å². The summed E-state index contributed by atoms with van der Waals surface area (Å²) in [6.45, 7) is 5.61. The molecule has 0 bridgehead atoms. The Kier molecular flexibility index (Phi) is 3.57. The van der Waals surface area contributed by atoms with Gasteiger partial charge in [-0.25, -0.2) is 0 Å². The van der Waals surface area contributed by atoms with Crippen LogP contribution in [0.2, 0.25) is 0 Å². The third-order valence-electron chi connectivity index (χ3n) is 5.32. The highest BCUT2D eigenvalue weighted by Crippen LogP contribution is 2.42. The largest absolute Gasteiger partial charge is 0.295 e. The van der Waals surface area contributed by atoms with Gasteiger partial charge >= 0.3 is 0 Å². The third-order valence-corrected chi connectivity index (χ3v) is 5.32. The molecule has 1 saturated heterocycles. The lowest BCUT2D eigenvalue weighted by Gasteiger charge is -2.44. The van der Waals surface area contributed by atoms with E-state index in [0.29, 0.717) is 24.0 Å². The van der Waals surface area contributed by atoms with E-state index in [1.54, 1.807) is 0 Å². The van der Waals surface area contributed by atoms with Crippen LogP contribution in [0.5, 0.6) is 0 Å². The Bertz CT molecular complexity index is 357. The number of likely N-dealkylation sites (tertiary alicyclic amines) is 1. The highest BCUT2D eigenvalue weighted by Gasteiger charge is 2.50. The molecule has 1 heterocycles. The molecule has 0 spiro atoms. The molecular weight excluding hydrogens is 234 g/mol. The molecule has 2 saturated carbocycles. The Labute approximate surface area is 117 Å². The number of hydrogen-bond donors (Lipinski definition) is 1. The van der Waals surface area contributed by atoms with Crippen molar-refractivity contribution in [1.82, 2.24) is 10.2 Å². The summed E-state index contributed by atoms with van der Waals surface area (Å²) in [5.41, 5.74) is -0.263. The molecule has 3 heteroatoms. The van der Waals surface area contributed by atoms with E-state index >= 15 is 0 Å². The molecule has 106 valence electrons. The number of nitriles is 1. The molecule has 3 nitrogen and oxygen atoms in total. The SMILES string of the molecule is CC1CCCC(C)N1CC(C#N)(NC1CC1)C1CC1. The van der Waals surface area contributed by atoms with Crippen molar-refractivity contribution in [3.63, 3.8) is 0 Å². The Morgan fingerprint density at radius 3 is 2.21 bits per heavy atom. The van der Waals surface area contributed by atoms with Crippen LogP contribution < -0.4 is 5.32 Å². The first-order valence-electron chi connectivity index (χ1n) is 8.09. The maximum atomic E-state index is 9.83. The van der Waals surface area contributed by atoms with E-state index in [1.165, 1.54) is 44.9 Å². The monoisotopic (exact) mass is 261 g/mol. The predicted octanol–water partition coefficient (Wildman–Crippen LogP) is 2.67. The fourth-order valence-corrected chi connectivity index (χ4v) is 3.69. The number of rotatable bonds is 5. The summed E-state index contributed by atoms with van der Waals surface area (Å²) in [7, 11) is 0. The Morgan fingerprint density at radius 2 is 1.74 bits per heavy atom. The van der Waals surface area contributed by atoms with Crippen molar-refractivity contribution in [2.24, 2.45) is 5.92 Å². The fraction of sp³-hybridized carbons (Fsp3) is 0.938. The first-order valence-corrected chi connectivity index (χ1v) is 8.09. The van der Waals surface area contributed by atoms with Gasteiger partial charge in [-0.15, -0.1) is 0 Å². The number of hydrogen-bond acceptors (Lipinski definition) is 3. The van der Waals surface area contributed by atoms with Gasteiger partial charge in [0, 0.05) is 24.7 Å². The van der Waals surface area contributed by atoms with Gasteiger partial charge < -0.3 is 0 Å². The standard InChI is InChI=1S/C16H27N3/c1-12-4-3-5-13(2)19(12)11-16(10-17,14-6-7-14)18-15-8-9-15/h12-15,18H,3-9,11H2,1-2H3. The smallest absolute Gasteiger partial charge is 0.122 e. The van der Waals surface area contributed by atoms with Crippen LogP contribution in [0.25, 0.3) is 0 Å². The van der Waals surface area contributed by atoms with Crippen molar-refractivity contribution in [1.29, 1.82) is 5.26 Å². The van der Waals surface area contributed by atoms with Gasteiger partial charge in [-0.1, -0.05) is 6.42 Å². The molecule has 3 unspecified atom stereocenters. The highest BCUT2D eigenvalue weighted by molar-refractivity contribution is 5.19. The zero-order chi connectivity index (χ0) is 13.5. The average Bonchev–Trinajstić information content (AvgIpc) is 3.26. The van der Waals surface area contributed by atoms with Crippen LogP contribution in [0, 0.1) is 17.2 Å². The Hall–Kier alpha value is -0.590. The summed E-state index contributed by atoms with van der Waals surface area (Å²) in [5.74, 6) is 0.597. The molecule has 3 fully saturated rings. The van der Waals surface area contributed by atoms with Gasteiger partial charge in [0.05, 0.1) is 6.07 Å². The molecule has 0 aromatic heterocycles. The summed E-state index contributed by atoms with van der Waals surface area (Å²) in [4.78, 5) is 2.60. The molecule has 0 aromatic carbocycles. The lowest BCUT2D eigenvalue weighted by atomic mass is 9.89. The molecule has 2 aliphatic carbocycles. The minimum atomic E-state index is -0.263. The van der Waals surface area contributed by atoms with Crippen LogP contribution in [-0.4, -0.2) is 35.1 Å². The van der Waals surface area contributed by atoms with Gasteiger partial charge in [-0.2, -0.15) is 5.26 Å². The van der Waals surface area contributed by atoms with E-state index in [9.17, 15) is 5.26 Å². The number of piperidine rings is 1. The number of nitrogens with zero attached hydrogens (tertiary/aromatic N) is 2. The minimum Gasteiger partial charge on any atom is -0.295 e. The zero-order valence-corrected chi connectivity index (χ0v) is 12.4.